The summed E-state index contributed by atoms with van der Waals surface area (Å²) in [7, 11) is 1.70. The summed E-state index contributed by atoms with van der Waals surface area (Å²) >= 11 is 0. The first kappa shape index (κ1) is 23.1. The van der Waals surface area contributed by atoms with Gasteiger partial charge in [0, 0.05) is 37.4 Å². The quantitative estimate of drug-likeness (QED) is 0.498. The number of hydrogen-bond acceptors (Lipinski definition) is 4. The van der Waals surface area contributed by atoms with E-state index in [0.717, 1.165) is 57.0 Å². The lowest BCUT2D eigenvalue weighted by atomic mass is 9.95. The molecule has 1 atom stereocenters. The number of rotatable bonds is 7. The summed E-state index contributed by atoms with van der Waals surface area (Å²) in [6, 6.07) is 15.8. The molecule has 2 fully saturated rings. The second-order valence-corrected chi connectivity index (χ2v) is 9.44. The van der Waals surface area contributed by atoms with Crippen LogP contribution in [0.15, 0.2) is 48.5 Å². The van der Waals surface area contributed by atoms with E-state index in [1.807, 2.05) is 40.1 Å². The zero-order chi connectivity index (χ0) is 23.4. The van der Waals surface area contributed by atoms with Crippen molar-refractivity contribution in [3.8, 4) is 5.75 Å². The van der Waals surface area contributed by atoms with Crippen LogP contribution in [0, 0.1) is 17.2 Å². The molecule has 2 heterocycles. The van der Waals surface area contributed by atoms with Gasteiger partial charge in [-0.1, -0.05) is 31.2 Å². The van der Waals surface area contributed by atoms with E-state index in [0.29, 0.717) is 23.9 Å². The molecule has 3 N–H and O–H groups in total. The third-order valence-electron chi connectivity index (χ3n) is 6.72. The average Bonchev–Trinajstić information content (AvgIpc) is 2.82. The van der Waals surface area contributed by atoms with E-state index in [1.165, 1.54) is 5.56 Å². The number of urea groups is 1. The molecule has 2 aliphatic heterocycles. The summed E-state index contributed by atoms with van der Waals surface area (Å²) in [6.45, 7) is 7.51. The lowest BCUT2D eigenvalue weighted by Gasteiger charge is -2.42. The number of nitrogens with zero attached hydrogens (tertiary/aromatic N) is 3. The van der Waals surface area contributed by atoms with Gasteiger partial charge in [-0.25, -0.2) is 4.79 Å². The minimum absolute atomic E-state index is 0.0203. The van der Waals surface area contributed by atoms with E-state index in [4.69, 9.17) is 15.9 Å². The SMILES string of the molecule is COc1cccc(CN2CCC(CN3CC(C)CN(c4cccc(C(=N)N)c4)C3=O)CC2)c1. The molecule has 2 saturated heterocycles. The second-order valence-electron chi connectivity index (χ2n) is 9.44. The standard InChI is InChI=1S/C26H35N5O2/c1-19-15-30(26(32)31(16-19)23-7-4-6-22(14-23)25(27)28)18-20-9-11-29(12-10-20)17-21-5-3-8-24(13-21)33-2/h3-8,13-14,19-20H,9-12,15-18H2,1-2H3,(H3,27,28). The fourth-order valence-corrected chi connectivity index (χ4v) is 4.95. The molecule has 4 rings (SSSR count). The Bertz CT molecular complexity index is 986. The first-order chi connectivity index (χ1) is 15.9. The Morgan fingerprint density at radius 2 is 1.88 bits per heavy atom. The van der Waals surface area contributed by atoms with Crippen molar-refractivity contribution in [3.63, 3.8) is 0 Å². The van der Waals surface area contributed by atoms with Crippen LogP contribution in [0.1, 0.15) is 30.9 Å². The Balaban J connectivity index is 1.34. The highest BCUT2D eigenvalue weighted by molar-refractivity contribution is 5.98. The molecule has 2 aromatic carbocycles. The Labute approximate surface area is 196 Å². The molecule has 0 spiro atoms. The van der Waals surface area contributed by atoms with Gasteiger partial charge >= 0.3 is 6.03 Å². The molecule has 2 amide bonds. The van der Waals surface area contributed by atoms with Gasteiger partial charge in [0.25, 0.3) is 0 Å². The predicted octanol–water partition coefficient (Wildman–Crippen LogP) is 3.77. The van der Waals surface area contributed by atoms with Gasteiger partial charge < -0.3 is 15.4 Å². The van der Waals surface area contributed by atoms with Crippen LogP contribution >= 0.6 is 0 Å². The molecule has 0 aliphatic carbocycles. The number of nitrogen functional groups attached to an aromatic ring is 1. The van der Waals surface area contributed by atoms with Crippen molar-refractivity contribution in [2.75, 3.05) is 44.7 Å². The summed E-state index contributed by atoms with van der Waals surface area (Å²) in [6.07, 6.45) is 2.20. The number of nitrogens with one attached hydrogen (secondary N) is 1. The number of nitrogens with two attached hydrogens (primary N) is 1. The molecule has 0 aromatic heterocycles. The molecule has 7 nitrogen and oxygen atoms in total. The van der Waals surface area contributed by atoms with Gasteiger partial charge in [0.1, 0.15) is 11.6 Å². The van der Waals surface area contributed by atoms with E-state index in [2.05, 4.69) is 24.0 Å². The van der Waals surface area contributed by atoms with E-state index >= 15 is 0 Å². The maximum absolute atomic E-state index is 13.3. The Kier molecular flexibility index (Phi) is 7.18. The third kappa shape index (κ3) is 5.66. The van der Waals surface area contributed by atoms with Gasteiger partial charge in [0.2, 0.25) is 0 Å². The average molecular weight is 450 g/mol. The van der Waals surface area contributed by atoms with Gasteiger partial charge in [-0.3, -0.25) is 15.2 Å². The van der Waals surface area contributed by atoms with Crippen LogP contribution < -0.4 is 15.4 Å². The minimum atomic E-state index is 0.0203. The van der Waals surface area contributed by atoms with Gasteiger partial charge in [-0.2, -0.15) is 0 Å². The lowest BCUT2D eigenvalue weighted by Crippen LogP contribution is -2.54. The molecule has 176 valence electrons. The maximum atomic E-state index is 13.3. The summed E-state index contributed by atoms with van der Waals surface area (Å²) < 4.78 is 5.35. The number of methoxy groups -OCH3 is 1. The van der Waals surface area contributed by atoms with Crippen LogP contribution in [0.3, 0.4) is 0 Å². The van der Waals surface area contributed by atoms with E-state index < -0.39 is 0 Å². The molecule has 1 unspecified atom stereocenters. The number of benzene rings is 2. The zero-order valence-corrected chi connectivity index (χ0v) is 19.7. The van der Waals surface area contributed by atoms with Crippen molar-refractivity contribution >= 4 is 17.6 Å². The van der Waals surface area contributed by atoms with Crippen LogP contribution in [0.4, 0.5) is 10.5 Å². The molecule has 7 heteroatoms. The van der Waals surface area contributed by atoms with Crippen LogP contribution in [-0.2, 0) is 6.54 Å². The van der Waals surface area contributed by atoms with E-state index in [9.17, 15) is 4.79 Å². The largest absolute Gasteiger partial charge is 0.497 e. The lowest BCUT2D eigenvalue weighted by molar-refractivity contribution is 0.131. The Hall–Kier alpha value is -3.06. The number of amidine groups is 1. The van der Waals surface area contributed by atoms with Crippen molar-refractivity contribution in [1.82, 2.24) is 9.80 Å². The molecule has 0 bridgehead atoms. The fraction of sp³-hybridized carbons (Fsp3) is 0.462. The smallest absolute Gasteiger partial charge is 0.324 e. The van der Waals surface area contributed by atoms with Gasteiger partial charge in [0.05, 0.1) is 7.11 Å². The van der Waals surface area contributed by atoms with Gasteiger partial charge in [-0.15, -0.1) is 0 Å². The van der Waals surface area contributed by atoms with Crippen LogP contribution in [-0.4, -0.2) is 61.5 Å². The maximum Gasteiger partial charge on any atom is 0.324 e. The summed E-state index contributed by atoms with van der Waals surface area (Å²) in [5.74, 6) is 1.83. The fourth-order valence-electron chi connectivity index (χ4n) is 4.95. The second kappa shape index (κ2) is 10.3. The van der Waals surface area contributed by atoms with Crippen molar-refractivity contribution in [2.24, 2.45) is 17.6 Å². The predicted molar refractivity (Wildman–Crippen MR) is 132 cm³/mol. The molecular formula is C26H35N5O2. The van der Waals surface area contributed by atoms with Gasteiger partial charge in [0.15, 0.2) is 0 Å². The van der Waals surface area contributed by atoms with Crippen LogP contribution in [0.2, 0.25) is 0 Å². The zero-order valence-electron chi connectivity index (χ0n) is 19.7. The Morgan fingerprint density at radius 1 is 1.12 bits per heavy atom. The molecule has 0 radical (unpaired) electrons. The highest BCUT2D eigenvalue weighted by Crippen LogP contribution is 2.27. The molecule has 0 saturated carbocycles. The van der Waals surface area contributed by atoms with Crippen LogP contribution in [0.5, 0.6) is 5.75 Å². The molecule has 2 aliphatic rings. The first-order valence-electron chi connectivity index (χ1n) is 11.8. The molecular weight excluding hydrogens is 414 g/mol. The minimum Gasteiger partial charge on any atom is -0.497 e. The monoisotopic (exact) mass is 449 g/mol. The normalized spacial score (nSPS) is 20.2. The van der Waals surface area contributed by atoms with Crippen molar-refractivity contribution < 1.29 is 9.53 Å². The number of amides is 2. The highest BCUT2D eigenvalue weighted by atomic mass is 16.5. The van der Waals surface area contributed by atoms with E-state index in [-0.39, 0.29) is 11.9 Å². The number of piperidine rings is 1. The summed E-state index contributed by atoms with van der Waals surface area (Å²) in [5.41, 5.74) is 8.40. The number of anilines is 1. The third-order valence-corrected chi connectivity index (χ3v) is 6.72. The van der Waals surface area contributed by atoms with Crippen molar-refractivity contribution in [2.45, 2.75) is 26.3 Å². The number of hydrogen-bond donors (Lipinski definition) is 2. The topological polar surface area (TPSA) is 85.9 Å². The van der Waals surface area contributed by atoms with E-state index in [1.54, 1.807) is 13.2 Å². The van der Waals surface area contributed by atoms with Crippen LogP contribution in [0.25, 0.3) is 0 Å². The highest BCUT2D eigenvalue weighted by Gasteiger charge is 2.33. The van der Waals surface area contributed by atoms with Gasteiger partial charge in [-0.05, 0) is 67.6 Å². The first-order valence-corrected chi connectivity index (χ1v) is 11.8. The number of likely N-dealkylation sites (tertiary alicyclic amines) is 1. The summed E-state index contributed by atoms with van der Waals surface area (Å²) in [4.78, 5) is 19.7. The molecule has 33 heavy (non-hydrogen) atoms. The number of carbonyl (C=O) groups is 1. The van der Waals surface area contributed by atoms with Crippen molar-refractivity contribution in [3.05, 3.63) is 59.7 Å². The molecule has 2 aromatic rings. The van der Waals surface area contributed by atoms with Crippen molar-refractivity contribution in [1.29, 1.82) is 5.41 Å². The number of ether oxygens (including phenoxy) is 1. The Morgan fingerprint density at radius 3 is 2.61 bits per heavy atom. The number of carbonyl (C=O) groups excluding carboxylic acids is 1. The summed E-state index contributed by atoms with van der Waals surface area (Å²) in [5, 5.41) is 7.71.